The third-order valence-corrected chi connectivity index (χ3v) is 5.65. The summed E-state index contributed by atoms with van der Waals surface area (Å²) in [6.07, 6.45) is 5.39. The molecule has 0 fully saturated rings. The Morgan fingerprint density at radius 3 is 2.39 bits per heavy atom. The normalized spacial score (nSPS) is 14.0. The minimum atomic E-state index is -1.40. The molecule has 0 aromatic heterocycles. The molecule has 1 aromatic carbocycles. The number of unbranched alkanes of at least 4 members (excludes halogenated alkanes) is 3. The van der Waals surface area contributed by atoms with Crippen molar-refractivity contribution in [2.24, 2.45) is 5.92 Å². The van der Waals surface area contributed by atoms with Gasteiger partial charge in [0.05, 0.1) is 12.0 Å². The number of rotatable bonds is 9. The van der Waals surface area contributed by atoms with Crippen LogP contribution in [0.2, 0.25) is 19.6 Å². The van der Waals surface area contributed by atoms with E-state index < -0.39 is 8.07 Å². The van der Waals surface area contributed by atoms with Gasteiger partial charge >= 0.3 is 0 Å². The molecule has 0 saturated carbocycles. The first-order valence-corrected chi connectivity index (χ1v) is 13.3. The smallest absolute Gasteiger partial charge is 0.129 e. The summed E-state index contributed by atoms with van der Waals surface area (Å²) in [5, 5.41) is 10.6. The van der Waals surface area contributed by atoms with Gasteiger partial charge in [-0.05, 0) is 18.6 Å². The maximum absolute atomic E-state index is 10.6. The molecule has 1 rings (SSSR count). The zero-order valence-corrected chi connectivity index (χ0v) is 17.0. The molecule has 0 aliphatic rings. The summed E-state index contributed by atoms with van der Waals surface area (Å²) in [6.45, 7) is 8.99. The zero-order valence-electron chi connectivity index (χ0n) is 15.1. The van der Waals surface area contributed by atoms with Crippen LogP contribution in [0.5, 0.6) is 0 Å². The van der Waals surface area contributed by atoms with E-state index in [4.69, 9.17) is 0 Å². The first-order chi connectivity index (χ1) is 10.9. The maximum atomic E-state index is 10.6. The van der Waals surface area contributed by atoms with Crippen LogP contribution in [-0.4, -0.2) is 25.0 Å². The predicted octanol–water partition coefficient (Wildman–Crippen LogP) is 5.61. The Balaban J connectivity index is 2.62. The van der Waals surface area contributed by atoms with Gasteiger partial charge in [0.2, 0.25) is 0 Å². The van der Waals surface area contributed by atoms with Crippen molar-refractivity contribution in [2.45, 2.75) is 69.7 Å². The second kappa shape index (κ2) is 11.0. The number of hydrogen-bond acceptors (Lipinski definition) is 2. The monoisotopic (exact) mass is 348 g/mol. The molecule has 0 radical (unpaired) electrons. The van der Waals surface area contributed by atoms with Gasteiger partial charge in [-0.3, -0.25) is 0 Å². The van der Waals surface area contributed by atoms with E-state index in [0.717, 1.165) is 18.6 Å². The van der Waals surface area contributed by atoms with Crippen LogP contribution in [-0.2, 0) is 0 Å². The van der Waals surface area contributed by atoms with Gasteiger partial charge < -0.3 is 5.11 Å². The average Bonchev–Trinajstić information content (AvgIpc) is 2.51. The summed E-state index contributed by atoms with van der Waals surface area (Å²) in [5.41, 5.74) is 3.46. The van der Waals surface area contributed by atoms with Crippen molar-refractivity contribution < 1.29 is 5.11 Å². The lowest BCUT2D eigenvalue weighted by molar-refractivity contribution is 0.130. The molecular formula is C20H32OSSi. The van der Waals surface area contributed by atoms with E-state index >= 15 is 0 Å². The molecule has 23 heavy (non-hydrogen) atoms. The second-order valence-electron chi connectivity index (χ2n) is 7.17. The van der Waals surface area contributed by atoms with Crippen LogP contribution < -0.4 is 0 Å². The fourth-order valence-electron chi connectivity index (χ4n) is 2.24. The van der Waals surface area contributed by atoms with E-state index in [-0.39, 0.29) is 12.0 Å². The highest BCUT2D eigenvalue weighted by Crippen LogP contribution is 2.23. The van der Waals surface area contributed by atoms with Crippen molar-refractivity contribution in [1.29, 1.82) is 0 Å². The Hall–Kier alpha value is -0.693. The van der Waals surface area contributed by atoms with E-state index in [1.165, 1.54) is 24.2 Å². The molecule has 0 amide bonds. The highest BCUT2D eigenvalue weighted by Gasteiger charge is 2.18. The van der Waals surface area contributed by atoms with Gasteiger partial charge in [-0.1, -0.05) is 70.4 Å². The number of thioether (sulfide) groups is 1. The molecule has 1 aromatic rings. The molecule has 0 saturated heterocycles. The number of aliphatic hydroxyl groups excluding tert-OH is 1. The maximum Gasteiger partial charge on any atom is 0.129 e. The van der Waals surface area contributed by atoms with Crippen LogP contribution in [0.3, 0.4) is 0 Å². The molecular weight excluding hydrogens is 316 g/mol. The third-order valence-electron chi connectivity index (χ3n) is 3.62. The van der Waals surface area contributed by atoms with Gasteiger partial charge in [-0.25, -0.2) is 0 Å². The van der Waals surface area contributed by atoms with E-state index in [9.17, 15) is 5.11 Å². The first kappa shape index (κ1) is 20.4. The van der Waals surface area contributed by atoms with Crippen molar-refractivity contribution in [3.63, 3.8) is 0 Å². The molecule has 0 aliphatic carbocycles. The van der Waals surface area contributed by atoms with Gasteiger partial charge in [-0.2, -0.15) is 0 Å². The summed E-state index contributed by atoms with van der Waals surface area (Å²) in [6, 6.07) is 10.4. The number of benzene rings is 1. The van der Waals surface area contributed by atoms with Crippen LogP contribution in [0, 0.1) is 17.4 Å². The lowest BCUT2D eigenvalue weighted by Gasteiger charge is -2.19. The van der Waals surface area contributed by atoms with Crippen LogP contribution in [0.4, 0.5) is 0 Å². The van der Waals surface area contributed by atoms with E-state index in [1.807, 2.05) is 6.07 Å². The first-order valence-electron chi connectivity index (χ1n) is 8.81. The molecule has 128 valence electrons. The third kappa shape index (κ3) is 9.91. The fourth-order valence-corrected chi connectivity index (χ4v) is 3.89. The summed E-state index contributed by atoms with van der Waals surface area (Å²) >= 11 is 1.80. The lowest BCUT2D eigenvalue weighted by Crippen LogP contribution is -2.23. The molecule has 0 heterocycles. The highest BCUT2D eigenvalue weighted by molar-refractivity contribution is 7.99. The van der Waals surface area contributed by atoms with Crippen LogP contribution >= 0.6 is 11.8 Å². The Bertz CT molecular complexity index is 484. The van der Waals surface area contributed by atoms with E-state index in [0.29, 0.717) is 0 Å². The van der Waals surface area contributed by atoms with Crippen molar-refractivity contribution >= 4 is 19.8 Å². The molecule has 2 atom stereocenters. The van der Waals surface area contributed by atoms with Crippen molar-refractivity contribution in [3.8, 4) is 11.5 Å². The Morgan fingerprint density at radius 1 is 1.09 bits per heavy atom. The minimum absolute atomic E-state index is 0.0774. The molecule has 0 bridgehead atoms. The Kier molecular flexibility index (Phi) is 9.70. The summed E-state index contributed by atoms with van der Waals surface area (Å²) in [5.74, 6) is 4.36. The van der Waals surface area contributed by atoms with Crippen molar-refractivity contribution in [1.82, 2.24) is 0 Å². The predicted molar refractivity (Wildman–Crippen MR) is 107 cm³/mol. The van der Waals surface area contributed by atoms with Gasteiger partial charge in [0.25, 0.3) is 0 Å². The van der Waals surface area contributed by atoms with Crippen LogP contribution in [0.25, 0.3) is 0 Å². The van der Waals surface area contributed by atoms with E-state index in [2.05, 4.69) is 62.3 Å². The molecule has 3 heteroatoms. The SMILES string of the molecule is CCCCCC[C@H](O)[C@@H](C#C[Si](C)(C)C)CSc1ccccc1. The second-order valence-corrected chi connectivity index (χ2v) is 13.0. The zero-order chi connectivity index (χ0) is 17.1. The number of aliphatic hydroxyl groups is 1. The van der Waals surface area contributed by atoms with Gasteiger partial charge in [0, 0.05) is 10.6 Å². The summed E-state index contributed by atoms with van der Waals surface area (Å²) < 4.78 is 0. The van der Waals surface area contributed by atoms with Gasteiger partial charge in [0.1, 0.15) is 8.07 Å². The highest BCUT2D eigenvalue weighted by atomic mass is 32.2. The number of hydrogen-bond donors (Lipinski definition) is 1. The molecule has 0 unspecified atom stereocenters. The van der Waals surface area contributed by atoms with Crippen LogP contribution in [0.15, 0.2) is 35.2 Å². The topological polar surface area (TPSA) is 20.2 Å². The Labute approximate surface area is 148 Å². The van der Waals surface area contributed by atoms with Gasteiger partial charge in [0.15, 0.2) is 0 Å². The largest absolute Gasteiger partial charge is 0.392 e. The molecule has 1 nitrogen and oxygen atoms in total. The summed E-state index contributed by atoms with van der Waals surface area (Å²) in [4.78, 5) is 1.26. The quantitative estimate of drug-likeness (QED) is 0.271. The van der Waals surface area contributed by atoms with Crippen LogP contribution in [0.1, 0.15) is 39.0 Å². The minimum Gasteiger partial charge on any atom is -0.392 e. The van der Waals surface area contributed by atoms with Crippen molar-refractivity contribution in [3.05, 3.63) is 30.3 Å². The summed E-state index contributed by atoms with van der Waals surface area (Å²) in [7, 11) is -1.40. The fraction of sp³-hybridized carbons (Fsp3) is 0.600. The molecule has 0 spiro atoms. The van der Waals surface area contributed by atoms with E-state index in [1.54, 1.807) is 11.8 Å². The molecule has 1 N–H and O–H groups in total. The standard InChI is InChI=1S/C20H32OSSi/c1-5-6-7-11-14-20(21)18(15-16-23(2,3)4)17-22-19-12-9-8-10-13-19/h8-10,12-13,18,20-21H,5-7,11,14,17H2,1-4H3/t18-,20-/m0/s1. The average molecular weight is 349 g/mol. The molecule has 0 aliphatic heterocycles. The lowest BCUT2D eigenvalue weighted by atomic mass is 9.99. The Morgan fingerprint density at radius 2 is 1.78 bits per heavy atom. The van der Waals surface area contributed by atoms with Crippen molar-refractivity contribution in [2.75, 3.05) is 5.75 Å². The van der Waals surface area contributed by atoms with Gasteiger partial charge in [-0.15, -0.1) is 23.2 Å².